The zero-order valence-electron chi connectivity index (χ0n) is 10.7. The summed E-state index contributed by atoms with van der Waals surface area (Å²) < 4.78 is 7.33. The van der Waals surface area contributed by atoms with Crippen LogP contribution in [0.5, 0.6) is 5.75 Å². The number of benzene rings is 1. The van der Waals surface area contributed by atoms with Gasteiger partial charge >= 0.3 is 0 Å². The molecule has 2 aromatic heterocycles. The van der Waals surface area contributed by atoms with Gasteiger partial charge in [-0.05, 0) is 34.7 Å². The molecule has 0 atom stereocenters. The van der Waals surface area contributed by atoms with Crippen LogP contribution in [0, 0.1) is 0 Å². The molecule has 0 radical (unpaired) electrons. The molecule has 3 aromatic rings. The van der Waals surface area contributed by atoms with Crippen molar-refractivity contribution in [2.75, 3.05) is 6.61 Å². The molecular weight excluding hydrogens is 258 g/mol. The number of pyridine rings is 1. The van der Waals surface area contributed by atoms with Crippen molar-refractivity contribution >= 4 is 10.9 Å². The first-order chi connectivity index (χ1) is 9.81. The van der Waals surface area contributed by atoms with Crippen LogP contribution < -0.4 is 10.3 Å². The number of aryl methyl sites for hydroxylation is 1. The van der Waals surface area contributed by atoms with Crippen LogP contribution in [-0.4, -0.2) is 31.8 Å². The molecule has 102 valence electrons. The Morgan fingerprint density at radius 2 is 2.20 bits per heavy atom. The molecule has 3 rings (SSSR count). The van der Waals surface area contributed by atoms with Gasteiger partial charge in [0.05, 0.1) is 6.61 Å². The van der Waals surface area contributed by atoms with Gasteiger partial charge in [-0.3, -0.25) is 4.79 Å². The van der Waals surface area contributed by atoms with Crippen LogP contribution in [0.3, 0.4) is 0 Å². The molecule has 7 heteroatoms. The lowest BCUT2D eigenvalue weighted by Crippen LogP contribution is -2.05. The first kappa shape index (κ1) is 12.3. The van der Waals surface area contributed by atoms with Crippen LogP contribution in [0.15, 0.2) is 41.5 Å². The molecule has 0 saturated carbocycles. The number of tetrazole rings is 1. The van der Waals surface area contributed by atoms with Crippen LogP contribution in [0.2, 0.25) is 0 Å². The number of nitrogens with zero attached hydrogens (tertiary/aromatic N) is 4. The van der Waals surface area contributed by atoms with Gasteiger partial charge in [0.15, 0.2) is 0 Å². The third-order valence-electron chi connectivity index (χ3n) is 2.89. The van der Waals surface area contributed by atoms with E-state index < -0.39 is 0 Å². The first-order valence-corrected chi connectivity index (χ1v) is 6.28. The van der Waals surface area contributed by atoms with E-state index in [9.17, 15) is 4.79 Å². The van der Waals surface area contributed by atoms with Gasteiger partial charge in [0, 0.05) is 29.9 Å². The van der Waals surface area contributed by atoms with Crippen molar-refractivity contribution in [3.05, 3.63) is 47.0 Å². The third-order valence-corrected chi connectivity index (χ3v) is 2.89. The summed E-state index contributed by atoms with van der Waals surface area (Å²) in [5.41, 5.74) is 0.700. The SMILES string of the molecule is O=c1ccc2cc(OCCCn3cnnn3)ccc2[nH]1. The topological polar surface area (TPSA) is 85.7 Å². The molecule has 7 nitrogen and oxygen atoms in total. The zero-order chi connectivity index (χ0) is 13.8. The fourth-order valence-electron chi connectivity index (χ4n) is 1.92. The van der Waals surface area contributed by atoms with Crippen LogP contribution in [0.4, 0.5) is 0 Å². The number of nitrogens with one attached hydrogen (secondary N) is 1. The van der Waals surface area contributed by atoms with E-state index in [1.807, 2.05) is 18.2 Å². The molecule has 0 unspecified atom stereocenters. The molecule has 1 aromatic carbocycles. The number of ether oxygens (including phenoxy) is 1. The van der Waals surface area contributed by atoms with Gasteiger partial charge in [0.2, 0.25) is 5.56 Å². The Hall–Kier alpha value is -2.70. The summed E-state index contributed by atoms with van der Waals surface area (Å²) in [6, 6.07) is 8.87. The monoisotopic (exact) mass is 271 g/mol. The molecule has 0 bridgehead atoms. The molecule has 0 aliphatic heterocycles. The van der Waals surface area contributed by atoms with Crippen LogP contribution in [-0.2, 0) is 6.54 Å². The number of H-pyrrole nitrogens is 1. The van der Waals surface area contributed by atoms with E-state index in [-0.39, 0.29) is 5.56 Å². The summed E-state index contributed by atoms with van der Waals surface area (Å²) in [6.45, 7) is 1.29. The minimum Gasteiger partial charge on any atom is -0.494 e. The van der Waals surface area contributed by atoms with Crippen molar-refractivity contribution in [3.8, 4) is 5.75 Å². The highest BCUT2D eigenvalue weighted by atomic mass is 16.5. The Kier molecular flexibility index (Phi) is 3.40. The molecule has 2 heterocycles. The van der Waals surface area contributed by atoms with Gasteiger partial charge in [-0.2, -0.15) is 0 Å². The van der Waals surface area contributed by atoms with Crippen molar-refractivity contribution in [2.24, 2.45) is 0 Å². The highest BCUT2D eigenvalue weighted by Gasteiger charge is 1.99. The smallest absolute Gasteiger partial charge is 0.248 e. The Morgan fingerprint density at radius 3 is 3.05 bits per heavy atom. The van der Waals surface area contributed by atoms with E-state index in [0.717, 1.165) is 23.1 Å². The summed E-state index contributed by atoms with van der Waals surface area (Å²) in [6.07, 6.45) is 2.39. The van der Waals surface area contributed by atoms with Gasteiger partial charge in [-0.15, -0.1) is 5.10 Å². The van der Waals surface area contributed by atoms with Crippen LogP contribution in [0.25, 0.3) is 10.9 Å². The molecule has 1 N–H and O–H groups in total. The highest BCUT2D eigenvalue weighted by Crippen LogP contribution is 2.18. The van der Waals surface area contributed by atoms with E-state index in [1.165, 1.54) is 6.07 Å². The fraction of sp³-hybridized carbons (Fsp3) is 0.231. The largest absolute Gasteiger partial charge is 0.494 e. The van der Waals surface area contributed by atoms with E-state index in [1.54, 1.807) is 17.1 Å². The molecule has 0 spiro atoms. The van der Waals surface area contributed by atoms with Gasteiger partial charge < -0.3 is 9.72 Å². The molecule has 0 saturated heterocycles. The second-order valence-electron chi connectivity index (χ2n) is 4.35. The lowest BCUT2D eigenvalue weighted by Gasteiger charge is -2.07. The summed E-state index contributed by atoms with van der Waals surface area (Å²) in [7, 11) is 0. The molecule has 0 fully saturated rings. The fourth-order valence-corrected chi connectivity index (χ4v) is 1.92. The normalized spacial score (nSPS) is 10.8. The van der Waals surface area contributed by atoms with Crippen molar-refractivity contribution in [1.82, 2.24) is 25.2 Å². The Labute approximate surface area is 114 Å². The van der Waals surface area contributed by atoms with Crippen molar-refractivity contribution in [3.63, 3.8) is 0 Å². The third kappa shape index (κ3) is 2.82. The van der Waals surface area contributed by atoms with E-state index in [2.05, 4.69) is 20.5 Å². The predicted molar refractivity (Wildman–Crippen MR) is 72.5 cm³/mol. The van der Waals surface area contributed by atoms with Crippen molar-refractivity contribution in [2.45, 2.75) is 13.0 Å². The number of hydrogen-bond acceptors (Lipinski definition) is 5. The standard InChI is InChI=1S/C13H13N5O2/c19-13-5-2-10-8-11(3-4-12(10)15-13)20-7-1-6-18-9-14-16-17-18/h2-5,8-9H,1,6-7H2,(H,15,19). The number of aromatic amines is 1. The van der Waals surface area contributed by atoms with Gasteiger partial charge in [-0.1, -0.05) is 0 Å². The maximum absolute atomic E-state index is 11.2. The Balaban J connectivity index is 1.60. The lowest BCUT2D eigenvalue weighted by molar-refractivity contribution is 0.298. The molecule has 0 aliphatic rings. The lowest BCUT2D eigenvalue weighted by atomic mass is 10.2. The second kappa shape index (κ2) is 5.52. The predicted octanol–water partition coefficient (Wildman–Crippen LogP) is 0.984. The average molecular weight is 271 g/mol. The number of aromatic nitrogens is 5. The molecular formula is C13H13N5O2. The minimum atomic E-state index is -0.104. The van der Waals surface area contributed by atoms with Crippen molar-refractivity contribution in [1.29, 1.82) is 0 Å². The minimum absolute atomic E-state index is 0.104. The first-order valence-electron chi connectivity index (χ1n) is 6.28. The summed E-state index contributed by atoms with van der Waals surface area (Å²) in [5.74, 6) is 0.779. The van der Waals surface area contributed by atoms with Gasteiger partial charge in [0.25, 0.3) is 0 Å². The molecule has 0 amide bonds. The average Bonchev–Trinajstić information content (AvgIpc) is 2.97. The Bertz CT molecular complexity index is 751. The number of fused-ring (bicyclic) bond motifs is 1. The molecule has 20 heavy (non-hydrogen) atoms. The number of hydrogen-bond donors (Lipinski definition) is 1. The maximum Gasteiger partial charge on any atom is 0.248 e. The second-order valence-corrected chi connectivity index (χ2v) is 4.35. The summed E-state index contributed by atoms with van der Waals surface area (Å²) >= 11 is 0. The van der Waals surface area contributed by atoms with Gasteiger partial charge in [0.1, 0.15) is 12.1 Å². The molecule has 0 aliphatic carbocycles. The number of rotatable bonds is 5. The Morgan fingerprint density at radius 1 is 1.25 bits per heavy atom. The summed E-state index contributed by atoms with van der Waals surface area (Å²) in [4.78, 5) is 14.0. The zero-order valence-corrected chi connectivity index (χ0v) is 10.7. The van der Waals surface area contributed by atoms with Crippen molar-refractivity contribution < 1.29 is 4.74 Å². The van der Waals surface area contributed by atoms with Gasteiger partial charge in [-0.25, -0.2) is 4.68 Å². The van der Waals surface area contributed by atoms with Crippen LogP contribution >= 0.6 is 0 Å². The van der Waals surface area contributed by atoms with E-state index >= 15 is 0 Å². The summed E-state index contributed by atoms with van der Waals surface area (Å²) in [5, 5.41) is 11.8. The van der Waals surface area contributed by atoms with E-state index in [4.69, 9.17) is 4.74 Å². The maximum atomic E-state index is 11.2. The van der Waals surface area contributed by atoms with E-state index in [0.29, 0.717) is 13.2 Å². The van der Waals surface area contributed by atoms with Crippen LogP contribution in [0.1, 0.15) is 6.42 Å². The highest BCUT2D eigenvalue weighted by molar-refractivity contribution is 5.79. The quantitative estimate of drug-likeness (QED) is 0.699.